The van der Waals surface area contributed by atoms with Crippen molar-refractivity contribution in [2.45, 2.75) is 32.4 Å². The van der Waals surface area contributed by atoms with Crippen molar-refractivity contribution < 1.29 is 9.47 Å². The molecule has 0 bridgehead atoms. The van der Waals surface area contributed by atoms with E-state index in [9.17, 15) is 0 Å². The highest BCUT2D eigenvalue weighted by molar-refractivity contribution is 9.10. The molecule has 100 valence electrons. The fraction of sp³-hybridized carbons (Fsp3) is 0.571. The third-order valence-electron chi connectivity index (χ3n) is 3.43. The molecule has 1 aliphatic heterocycles. The molecule has 2 N–H and O–H groups in total. The number of hydrogen-bond acceptors (Lipinski definition) is 3. The molecule has 0 saturated carbocycles. The Kier molecular flexibility index (Phi) is 4.65. The summed E-state index contributed by atoms with van der Waals surface area (Å²) < 4.78 is 12.4. The second-order valence-electron chi connectivity index (χ2n) is 4.74. The van der Waals surface area contributed by atoms with Gasteiger partial charge < -0.3 is 15.2 Å². The molecular formula is C14H20BrNO2. The number of benzene rings is 1. The lowest BCUT2D eigenvalue weighted by Crippen LogP contribution is -2.30. The predicted molar refractivity (Wildman–Crippen MR) is 75.8 cm³/mol. The van der Waals surface area contributed by atoms with Crippen LogP contribution >= 0.6 is 15.9 Å². The lowest BCUT2D eigenvalue weighted by atomic mass is 9.93. The van der Waals surface area contributed by atoms with Crippen LogP contribution in [0.2, 0.25) is 0 Å². The summed E-state index contributed by atoms with van der Waals surface area (Å²) in [4.78, 5) is 0. The number of nitrogens with two attached hydrogens (primary N) is 1. The van der Waals surface area contributed by atoms with Crippen LogP contribution < -0.4 is 10.5 Å². The van der Waals surface area contributed by atoms with E-state index < -0.39 is 0 Å². The molecule has 1 saturated heterocycles. The number of ether oxygens (including phenoxy) is 2. The second-order valence-corrected chi connectivity index (χ2v) is 5.66. The van der Waals surface area contributed by atoms with E-state index in [1.807, 2.05) is 25.1 Å². The molecule has 0 amide bonds. The molecule has 0 radical (unpaired) electrons. The standard InChI is InChI=1S/C14H20BrNO2/c1-3-17-12-5-4-10(15)8-11(12)13(16)14-9(2)6-7-18-14/h4-5,8-9,13-14H,3,6-7,16H2,1-2H3. The van der Waals surface area contributed by atoms with Gasteiger partial charge in [-0.3, -0.25) is 0 Å². The minimum Gasteiger partial charge on any atom is -0.494 e. The lowest BCUT2D eigenvalue weighted by molar-refractivity contribution is 0.0716. The first-order chi connectivity index (χ1) is 8.63. The van der Waals surface area contributed by atoms with Gasteiger partial charge in [0, 0.05) is 16.6 Å². The Hall–Kier alpha value is -0.580. The molecule has 3 nitrogen and oxygen atoms in total. The SMILES string of the molecule is CCOc1ccc(Br)cc1C(N)C1OCCC1C. The summed E-state index contributed by atoms with van der Waals surface area (Å²) in [5.41, 5.74) is 7.38. The fourth-order valence-electron chi connectivity index (χ4n) is 2.42. The van der Waals surface area contributed by atoms with Gasteiger partial charge in [-0.15, -0.1) is 0 Å². The van der Waals surface area contributed by atoms with Crippen LogP contribution in [0.5, 0.6) is 5.75 Å². The third kappa shape index (κ3) is 2.87. The van der Waals surface area contributed by atoms with Crippen LogP contribution in [0.4, 0.5) is 0 Å². The maximum Gasteiger partial charge on any atom is 0.124 e. The van der Waals surface area contributed by atoms with E-state index in [0.717, 1.165) is 28.8 Å². The van der Waals surface area contributed by atoms with Crippen LogP contribution in [0.15, 0.2) is 22.7 Å². The van der Waals surface area contributed by atoms with Crippen molar-refractivity contribution >= 4 is 15.9 Å². The molecule has 0 aromatic heterocycles. The van der Waals surface area contributed by atoms with E-state index in [4.69, 9.17) is 15.2 Å². The summed E-state index contributed by atoms with van der Waals surface area (Å²) in [6.45, 7) is 5.61. The molecule has 0 spiro atoms. The van der Waals surface area contributed by atoms with Gasteiger partial charge in [0.2, 0.25) is 0 Å². The Bertz CT molecular complexity index is 411. The zero-order valence-corrected chi connectivity index (χ0v) is 12.4. The first-order valence-corrected chi connectivity index (χ1v) is 7.22. The van der Waals surface area contributed by atoms with E-state index in [0.29, 0.717) is 12.5 Å². The van der Waals surface area contributed by atoms with Crippen LogP contribution in [0.1, 0.15) is 31.9 Å². The Morgan fingerprint density at radius 1 is 1.56 bits per heavy atom. The van der Waals surface area contributed by atoms with Crippen LogP contribution in [0.25, 0.3) is 0 Å². The molecule has 1 aliphatic rings. The first-order valence-electron chi connectivity index (χ1n) is 6.43. The monoisotopic (exact) mass is 313 g/mol. The lowest BCUT2D eigenvalue weighted by Gasteiger charge is -2.24. The van der Waals surface area contributed by atoms with Gasteiger partial charge in [0.05, 0.1) is 18.8 Å². The number of halogens is 1. The van der Waals surface area contributed by atoms with Crippen molar-refractivity contribution in [2.24, 2.45) is 11.7 Å². The maximum atomic E-state index is 6.36. The van der Waals surface area contributed by atoms with Gasteiger partial charge in [0.1, 0.15) is 5.75 Å². The summed E-state index contributed by atoms with van der Waals surface area (Å²) in [7, 11) is 0. The molecule has 1 aromatic rings. The Morgan fingerprint density at radius 3 is 2.94 bits per heavy atom. The molecular weight excluding hydrogens is 294 g/mol. The second kappa shape index (κ2) is 6.04. The molecule has 3 atom stereocenters. The number of rotatable bonds is 4. The van der Waals surface area contributed by atoms with Crippen LogP contribution in [0.3, 0.4) is 0 Å². The molecule has 4 heteroatoms. The maximum absolute atomic E-state index is 6.36. The highest BCUT2D eigenvalue weighted by Crippen LogP contribution is 2.35. The molecule has 3 unspecified atom stereocenters. The van der Waals surface area contributed by atoms with E-state index in [1.165, 1.54) is 0 Å². The minimum atomic E-state index is -0.137. The highest BCUT2D eigenvalue weighted by atomic mass is 79.9. The van der Waals surface area contributed by atoms with Crippen molar-refractivity contribution in [2.75, 3.05) is 13.2 Å². The van der Waals surface area contributed by atoms with Crippen molar-refractivity contribution in [1.29, 1.82) is 0 Å². The topological polar surface area (TPSA) is 44.5 Å². The van der Waals surface area contributed by atoms with Crippen molar-refractivity contribution in [3.05, 3.63) is 28.2 Å². The van der Waals surface area contributed by atoms with E-state index in [2.05, 4.69) is 22.9 Å². The smallest absolute Gasteiger partial charge is 0.124 e. The van der Waals surface area contributed by atoms with E-state index in [1.54, 1.807) is 0 Å². The predicted octanol–water partition coefficient (Wildman–Crippen LogP) is 3.27. The molecule has 18 heavy (non-hydrogen) atoms. The molecule has 0 aliphatic carbocycles. The van der Waals surface area contributed by atoms with Crippen molar-refractivity contribution in [1.82, 2.24) is 0 Å². The summed E-state index contributed by atoms with van der Waals surface area (Å²) in [5, 5.41) is 0. The first kappa shape index (κ1) is 13.8. The average molecular weight is 314 g/mol. The van der Waals surface area contributed by atoms with Gasteiger partial charge >= 0.3 is 0 Å². The van der Waals surface area contributed by atoms with Gasteiger partial charge in [0.25, 0.3) is 0 Å². The van der Waals surface area contributed by atoms with Crippen molar-refractivity contribution in [3.8, 4) is 5.75 Å². The van der Waals surface area contributed by atoms with Gasteiger partial charge in [-0.25, -0.2) is 0 Å². The van der Waals surface area contributed by atoms with Crippen LogP contribution in [-0.4, -0.2) is 19.3 Å². The zero-order chi connectivity index (χ0) is 13.1. The molecule has 2 rings (SSSR count). The minimum absolute atomic E-state index is 0.0820. The van der Waals surface area contributed by atoms with Crippen LogP contribution in [0, 0.1) is 5.92 Å². The fourth-order valence-corrected chi connectivity index (χ4v) is 2.80. The summed E-state index contributed by atoms with van der Waals surface area (Å²) in [6, 6.07) is 5.83. The van der Waals surface area contributed by atoms with Crippen LogP contribution in [-0.2, 0) is 4.74 Å². The normalized spacial score (nSPS) is 25.1. The summed E-state index contributed by atoms with van der Waals surface area (Å²) >= 11 is 3.49. The Morgan fingerprint density at radius 2 is 2.33 bits per heavy atom. The molecule has 1 heterocycles. The van der Waals surface area contributed by atoms with Gasteiger partial charge in [0.15, 0.2) is 0 Å². The van der Waals surface area contributed by atoms with Gasteiger partial charge in [-0.2, -0.15) is 0 Å². The van der Waals surface area contributed by atoms with Gasteiger partial charge in [-0.05, 0) is 37.5 Å². The van der Waals surface area contributed by atoms with E-state index in [-0.39, 0.29) is 12.1 Å². The molecule has 1 aromatic carbocycles. The third-order valence-corrected chi connectivity index (χ3v) is 3.92. The average Bonchev–Trinajstić information content (AvgIpc) is 2.77. The summed E-state index contributed by atoms with van der Waals surface area (Å²) in [6.07, 6.45) is 1.16. The quantitative estimate of drug-likeness (QED) is 0.927. The molecule has 1 fully saturated rings. The van der Waals surface area contributed by atoms with Crippen molar-refractivity contribution in [3.63, 3.8) is 0 Å². The van der Waals surface area contributed by atoms with E-state index >= 15 is 0 Å². The number of hydrogen-bond donors (Lipinski definition) is 1. The Balaban J connectivity index is 2.27. The largest absolute Gasteiger partial charge is 0.494 e. The Labute approximate surface area is 117 Å². The highest BCUT2D eigenvalue weighted by Gasteiger charge is 2.32. The van der Waals surface area contributed by atoms with Gasteiger partial charge in [-0.1, -0.05) is 22.9 Å². The summed E-state index contributed by atoms with van der Waals surface area (Å²) in [5.74, 6) is 1.35. The zero-order valence-electron chi connectivity index (χ0n) is 10.9.